The van der Waals surface area contributed by atoms with Gasteiger partial charge in [0.25, 0.3) is 0 Å². The van der Waals surface area contributed by atoms with Gasteiger partial charge in [-0.3, -0.25) is 0 Å². The summed E-state index contributed by atoms with van der Waals surface area (Å²) in [6.45, 7) is 0. The van der Waals surface area contributed by atoms with Gasteiger partial charge in [-0.25, -0.2) is 0 Å². The lowest BCUT2D eigenvalue weighted by Crippen LogP contribution is -1.81. The molecule has 20 valence electrons. The molecule has 0 saturated heterocycles. The van der Waals surface area contributed by atoms with Crippen LogP contribution in [0.4, 0.5) is 0 Å². The molecule has 0 unspecified atom stereocenters. The van der Waals surface area contributed by atoms with Crippen LogP contribution in [0.3, 0.4) is 0 Å². The fourth-order valence-corrected chi connectivity index (χ4v) is 0.0589. The van der Waals surface area contributed by atoms with E-state index in [4.69, 9.17) is 5.73 Å². The van der Waals surface area contributed by atoms with Gasteiger partial charge in [0.15, 0.2) is 0 Å². The first kappa shape index (κ1) is 1.88. The van der Waals surface area contributed by atoms with Crippen LogP contribution < -0.4 is 5.73 Å². The highest BCUT2D eigenvalue weighted by Gasteiger charge is 1.99. The maximum atomic E-state index is 5.08. The molecule has 0 bridgehead atoms. The van der Waals surface area contributed by atoms with Gasteiger partial charge in [-0.1, -0.05) is 0 Å². The molecular weight excluding hydrogens is 48.8 g/mol. The van der Waals surface area contributed by atoms with Crippen LogP contribution in [-0.2, 0) is 0 Å². The van der Waals surface area contributed by atoms with Crippen molar-refractivity contribution in [1.29, 1.82) is 0 Å². The van der Waals surface area contributed by atoms with E-state index in [2.05, 4.69) is 0 Å². The van der Waals surface area contributed by atoms with E-state index in [1.54, 1.807) is 0 Å². The van der Waals surface area contributed by atoms with Gasteiger partial charge < -0.3 is 5.73 Å². The molecule has 1 nitrogen and oxygen atoms in total. The average Bonchev–Trinajstić information content (AvgIpc) is 1.75. The first-order valence-electron chi connectivity index (χ1n) is 1.34. The van der Waals surface area contributed by atoms with Crippen molar-refractivity contribution in [3.63, 3.8) is 0 Å². The van der Waals surface area contributed by atoms with Gasteiger partial charge in [0, 0.05) is 0 Å². The van der Waals surface area contributed by atoms with Crippen molar-refractivity contribution in [3.8, 4) is 0 Å². The highest BCUT2D eigenvalue weighted by Crippen LogP contribution is 1.92. The second kappa shape index (κ2) is 0.316. The third-order valence-electron chi connectivity index (χ3n) is 0.440. The van der Waals surface area contributed by atoms with Crippen LogP contribution in [0, 0.1) is 0 Å². The maximum absolute atomic E-state index is 5.08. The average molecular weight is 52.9 g/mol. The van der Waals surface area contributed by atoms with E-state index < -0.39 is 0 Å². The second-order valence-electron chi connectivity index (χ2n) is 0.983. The molecule has 1 heterocycles. The molecule has 0 fully saturated rings. The lowest BCUT2D eigenvalue weighted by atomic mass is 10.0. The minimum atomic E-state index is 1.04. The van der Waals surface area contributed by atoms with E-state index in [-0.39, 0.29) is 0 Å². The summed E-state index contributed by atoms with van der Waals surface area (Å²) in [5, 5.41) is 0. The van der Waals surface area contributed by atoms with Crippen LogP contribution in [0.2, 0.25) is 0 Å². The van der Waals surface area contributed by atoms with Gasteiger partial charge in [0.05, 0.1) is 0 Å². The zero-order valence-corrected chi connectivity index (χ0v) is 2.36. The minimum Gasteiger partial charge on any atom is -0.410 e. The summed E-state index contributed by atoms with van der Waals surface area (Å²) in [6.07, 6.45) is 0. The summed E-state index contributed by atoms with van der Waals surface area (Å²) in [5.41, 5.74) is 6.12. The number of hydrogen-bond acceptors (Lipinski definition) is 1. The fourth-order valence-electron chi connectivity index (χ4n) is 0.0589. The molecule has 0 spiro atoms. The third-order valence-corrected chi connectivity index (χ3v) is 0.440. The molecule has 0 aromatic rings. The molecule has 2 N–H and O–H groups in total. The monoisotopic (exact) mass is 53.0 g/mol. The lowest BCUT2D eigenvalue weighted by Gasteiger charge is -1.53. The van der Waals surface area contributed by atoms with Gasteiger partial charge in [0.1, 0.15) is 0 Å². The summed E-state index contributed by atoms with van der Waals surface area (Å²) in [6, 6.07) is 0. The van der Waals surface area contributed by atoms with Crippen molar-refractivity contribution >= 4 is 7.28 Å². The molecule has 0 amide bonds. The topological polar surface area (TPSA) is 26.0 Å². The van der Waals surface area contributed by atoms with Gasteiger partial charge in [-0.15, -0.1) is 5.98 Å². The minimum absolute atomic E-state index is 1.04. The summed E-state index contributed by atoms with van der Waals surface area (Å²) >= 11 is 0. The molecule has 1 aliphatic rings. The lowest BCUT2D eigenvalue weighted by molar-refractivity contribution is 1.61. The summed E-state index contributed by atoms with van der Waals surface area (Å²) in [4.78, 5) is 0. The zero-order chi connectivity index (χ0) is 2.99. The normalized spacial score (nSPS) is 17.5. The van der Waals surface area contributed by atoms with Crippen molar-refractivity contribution in [2.45, 2.75) is 0 Å². The third kappa shape index (κ3) is 0.0866. The second-order valence-corrected chi connectivity index (χ2v) is 0.983. The maximum Gasteiger partial charge on any atom is 0.202 e. The van der Waals surface area contributed by atoms with Gasteiger partial charge in [0.2, 0.25) is 7.28 Å². The van der Waals surface area contributed by atoms with E-state index in [1.807, 2.05) is 5.98 Å². The van der Waals surface area contributed by atoms with Crippen LogP contribution in [0.25, 0.3) is 0 Å². The molecule has 4 heavy (non-hydrogen) atoms. The van der Waals surface area contributed by atoms with E-state index in [0.717, 1.165) is 12.9 Å². The molecule has 0 saturated carbocycles. The predicted octanol–water partition coefficient (Wildman–Crippen LogP) is -0.806. The van der Waals surface area contributed by atoms with Crippen molar-refractivity contribution in [2.75, 3.05) is 0 Å². The number of nitrogens with two attached hydrogens (primary N) is 1. The Morgan fingerprint density at radius 1 is 2.00 bits per heavy atom. The molecule has 0 radical (unpaired) electrons. The van der Waals surface area contributed by atoms with E-state index in [0.29, 0.717) is 0 Å². The van der Waals surface area contributed by atoms with Gasteiger partial charge >= 0.3 is 0 Å². The molecule has 1 rings (SSSR count). The van der Waals surface area contributed by atoms with Gasteiger partial charge in [-0.05, 0) is 5.60 Å². The summed E-state index contributed by atoms with van der Waals surface area (Å²) < 4.78 is 0. The van der Waals surface area contributed by atoms with Crippen molar-refractivity contribution < 1.29 is 0 Å². The van der Waals surface area contributed by atoms with E-state index in [1.165, 1.54) is 0 Å². The van der Waals surface area contributed by atoms with E-state index >= 15 is 0 Å². The first-order valence-corrected chi connectivity index (χ1v) is 1.34. The van der Waals surface area contributed by atoms with E-state index in [9.17, 15) is 0 Å². The Bertz CT molecular complexity index is 57.1. The molecule has 0 aromatic heterocycles. The van der Waals surface area contributed by atoms with Crippen LogP contribution in [0.5, 0.6) is 0 Å². The summed E-state index contributed by atoms with van der Waals surface area (Å²) in [7, 11) is 1.06. The molecule has 0 aromatic carbocycles. The van der Waals surface area contributed by atoms with Crippen LogP contribution in [0.15, 0.2) is 11.6 Å². The highest BCUT2D eigenvalue weighted by molar-refractivity contribution is 6.63. The Kier molecular flexibility index (Phi) is 0.149. The molecular formula is C2H4BN. The van der Waals surface area contributed by atoms with Crippen molar-refractivity contribution in [2.24, 2.45) is 5.73 Å². The Labute approximate surface area is 25.7 Å². The number of rotatable bonds is 0. The van der Waals surface area contributed by atoms with Crippen molar-refractivity contribution in [1.82, 2.24) is 0 Å². The molecule has 2 heteroatoms. The van der Waals surface area contributed by atoms with Crippen LogP contribution >= 0.6 is 0 Å². The molecule has 1 aliphatic heterocycles. The standard InChI is InChI=1S/C2H4BN/c4-2-1-3-2/h1,3H,4H2. The Morgan fingerprint density at radius 2 is 2.25 bits per heavy atom. The Morgan fingerprint density at radius 3 is 2.25 bits per heavy atom. The zero-order valence-electron chi connectivity index (χ0n) is 2.36. The first-order chi connectivity index (χ1) is 1.89. The summed E-state index contributed by atoms with van der Waals surface area (Å²) in [5.74, 6) is 1.99. The fraction of sp³-hybridized carbons (Fsp3) is 0. The van der Waals surface area contributed by atoms with Crippen LogP contribution in [0.1, 0.15) is 0 Å². The highest BCUT2D eigenvalue weighted by atomic mass is 14.5. The Hall–Kier alpha value is -0.395. The number of hydrogen-bond donors (Lipinski definition) is 1. The smallest absolute Gasteiger partial charge is 0.202 e. The Balaban J connectivity index is 2.54. The molecule has 0 aliphatic carbocycles. The SMILES string of the molecule is NC1=CB1. The quantitative estimate of drug-likeness (QED) is 0.359. The largest absolute Gasteiger partial charge is 0.410 e. The van der Waals surface area contributed by atoms with Gasteiger partial charge in [-0.2, -0.15) is 0 Å². The van der Waals surface area contributed by atoms with Crippen molar-refractivity contribution in [3.05, 3.63) is 11.6 Å². The predicted molar refractivity (Wildman–Crippen MR) is 19.4 cm³/mol. The molecule has 0 atom stereocenters. The van der Waals surface area contributed by atoms with Crippen LogP contribution in [-0.4, -0.2) is 7.28 Å².